The second kappa shape index (κ2) is 4.33. The molecule has 0 fully saturated rings. The van der Waals surface area contributed by atoms with Crippen LogP contribution in [0.2, 0.25) is 0 Å². The van der Waals surface area contributed by atoms with Crippen LogP contribution < -0.4 is 5.73 Å². The van der Waals surface area contributed by atoms with Crippen molar-refractivity contribution in [3.63, 3.8) is 0 Å². The molecule has 2 atom stereocenters. The summed E-state index contributed by atoms with van der Waals surface area (Å²) in [5, 5.41) is 0. The largest absolute Gasteiger partial charge is 0.322 e. The Morgan fingerprint density at radius 2 is 1.92 bits per heavy atom. The van der Waals surface area contributed by atoms with Crippen LogP contribution in [0.1, 0.15) is 32.5 Å². The third-order valence-electron chi connectivity index (χ3n) is 2.54. The van der Waals surface area contributed by atoms with Gasteiger partial charge in [-0.15, -0.1) is 0 Å². The molecule has 0 radical (unpaired) electrons. The highest BCUT2D eigenvalue weighted by molar-refractivity contribution is 5.02. The molecule has 1 aromatic rings. The van der Waals surface area contributed by atoms with Gasteiger partial charge in [-0.25, -0.2) is 0 Å². The smallest absolute Gasteiger partial charge is 0.0756 e. The van der Waals surface area contributed by atoms with Crippen molar-refractivity contribution in [1.29, 1.82) is 0 Å². The van der Waals surface area contributed by atoms with Gasteiger partial charge >= 0.3 is 0 Å². The van der Waals surface area contributed by atoms with Crippen LogP contribution >= 0.6 is 0 Å². The van der Waals surface area contributed by atoms with Gasteiger partial charge < -0.3 is 5.73 Å². The van der Waals surface area contributed by atoms with E-state index in [9.17, 15) is 0 Å². The van der Waals surface area contributed by atoms with Crippen LogP contribution in [0.15, 0.2) is 18.6 Å². The SMILES string of the molecule is CC(C)C(C)C(N)c1cnccn1. The van der Waals surface area contributed by atoms with Crippen molar-refractivity contribution in [2.24, 2.45) is 17.6 Å². The molecule has 0 bridgehead atoms. The summed E-state index contributed by atoms with van der Waals surface area (Å²) in [6.07, 6.45) is 5.09. The first-order valence-corrected chi connectivity index (χ1v) is 4.64. The average Bonchev–Trinajstić information content (AvgIpc) is 2.17. The van der Waals surface area contributed by atoms with Crippen molar-refractivity contribution in [2.45, 2.75) is 26.8 Å². The summed E-state index contributed by atoms with van der Waals surface area (Å²) in [5.41, 5.74) is 6.92. The summed E-state index contributed by atoms with van der Waals surface area (Å²) in [5.74, 6) is 0.994. The first-order valence-electron chi connectivity index (χ1n) is 4.64. The number of rotatable bonds is 3. The van der Waals surface area contributed by atoms with Crippen LogP contribution in [-0.2, 0) is 0 Å². The summed E-state index contributed by atoms with van der Waals surface area (Å²) >= 11 is 0. The van der Waals surface area contributed by atoms with Crippen molar-refractivity contribution in [3.05, 3.63) is 24.3 Å². The van der Waals surface area contributed by atoms with Gasteiger partial charge in [-0.3, -0.25) is 9.97 Å². The summed E-state index contributed by atoms with van der Waals surface area (Å²) in [4.78, 5) is 8.20. The van der Waals surface area contributed by atoms with Gasteiger partial charge in [0, 0.05) is 18.6 Å². The van der Waals surface area contributed by atoms with Crippen molar-refractivity contribution in [3.8, 4) is 0 Å². The lowest BCUT2D eigenvalue weighted by Gasteiger charge is -2.22. The molecule has 0 aromatic carbocycles. The lowest BCUT2D eigenvalue weighted by molar-refractivity contribution is 0.347. The van der Waals surface area contributed by atoms with E-state index in [0.717, 1.165) is 5.69 Å². The van der Waals surface area contributed by atoms with E-state index in [4.69, 9.17) is 5.73 Å². The van der Waals surface area contributed by atoms with Gasteiger partial charge in [0.15, 0.2) is 0 Å². The normalized spacial score (nSPS) is 15.8. The zero-order valence-electron chi connectivity index (χ0n) is 8.44. The minimum absolute atomic E-state index is 0.00583. The molecule has 2 unspecified atom stereocenters. The van der Waals surface area contributed by atoms with E-state index in [2.05, 4.69) is 30.7 Å². The van der Waals surface area contributed by atoms with Crippen LogP contribution in [0.5, 0.6) is 0 Å². The summed E-state index contributed by atoms with van der Waals surface area (Å²) < 4.78 is 0. The van der Waals surface area contributed by atoms with Gasteiger partial charge in [0.2, 0.25) is 0 Å². The number of nitrogens with two attached hydrogens (primary N) is 1. The number of nitrogens with zero attached hydrogens (tertiary/aromatic N) is 2. The summed E-state index contributed by atoms with van der Waals surface area (Å²) in [6.45, 7) is 6.48. The van der Waals surface area contributed by atoms with E-state index in [1.165, 1.54) is 0 Å². The second-order valence-corrected chi connectivity index (χ2v) is 3.76. The van der Waals surface area contributed by atoms with Crippen LogP contribution in [0.25, 0.3) is 0 Å². The Morgan fingerprint density at radius 1 is 1.23 bits per heavy atom. The molecule has 0 spiro atoms. The zero-order chi connectivity index (χ0) is 9.84. The molecular formula is C10H17N3. The third-order valence-corrected chi connectivity index (χ3v) is 2.54. The van der Waals surface area contributed by atoms with E-state index in [1.54, 1.807) is 18.6 Å². The maximum atomic E-state index is 6.04. The Labute approximate surface area is 79.4 Å². The molecule has 3 heteroatoms. The molecule has 0 aliphatic rings. The zero-order valence-corrected chi connectivity index (χ0v) is 8.44. The summed E-state index contributed by atoms with van der Waals surface area (Å²) in [7, 11) is 0. The Hall–Kier alpha value is -0.960. The minimum Gasteiger partial charge on any atom is -0.322 e. The standard InChI is InChI=1S/C10H17N3/c1-7(2)8(3)10(11)9-6-12-4-5-13-9/h4-8,10H,11H2,1-3H3. The van der Waals surface area contributed by atoms with Gasteiger partial charge in [-0.2, -0.15) is 0 Å². The molecule has 2 N–H and O–H groups in total. The monoisotopic (exact) mass is 179 g/mol. The predicted octanol–water partition coefficient (Wildman–Crippen LogP) is 1.77. The number of aromatic nitrogens is 2. The van der Waals surface area contributed by atoms with Crippen LogP contribution in [0.3, 0.4) is 0 Å². The highest BCUT2D eigenvalue weighted by atomic mass is 14.8. The maximum Gasteiger partial charge on any atom is 0.0756 e. The molecule has 1 aromatic heterocycles. The first kappa shape index (κ1) is 10.1. The minimum atomic E-state index is -0.00583. The molecule has 0 aliphatic carbocycles. The van der Waals surface area contributed by atoms with Crippen LogP contribution in [0, 0.1) is 11.8 Å². The molecule has 1 rings (SSSR count). The lowest BCUT2D eigenvalue weighted by Crippen LogP contribution is -2.24. The molecule has 72 valence electrons. The van der Waals surface area contributed by atoms with E-state index in [0.29, 0.717) is 11.8 Å². The molecule has 13 heavy (non-hydrogen) atoms. The van der Waals surface area contributed by atoms with Crippen LogP contribution in [-0.4, -0.2) is 9.97 Å². The average molecular weight is 179 g/mol. The molecule has 3 nitrogen and oxygen atoms in total. The molecule has 1 heterocycles. The van der Waals surface area contributed by atoms with Crippen molar-refractivity contribution in [2.75, 3.05) is 0 Å². The fraction of sp³-hybridized carbons (Fsp3) is 0.600. The molecular weight excluding hydrogens is 162 g/mol. The molecule has 0 aliphatic heterocycles. The second-order valence-electron chi connectivity index (χ2n) is 3.76. The van der Waals surface area contributed by atoms with E-state index >= 15 is 0 Å². The molecule has 0 saturated carbocycles. The fourth-order valence-electron chi connectivity index (χ4n) is 1.17. The topological polar surface area (TPSA) is 51.8 Å². The van der Waals surface area contributed by atoms with Crippen molar-refractivity contribution < 1.29 is 0 Å². The predicted molar refractivity (Wildman–Crippen MR) is 53.0 cm³/mol. The Balaban J connectivity index is 2.73. The number of hydrogen-bond acceptors (Lipinski definition) is 3. The van der Waals surface area contributed by atoms with Gasteiger partial charge in [0.05, 0.1) is 11.7 Å². The highest BCUT2D eigenvalue weighted by Crippen LogP contribution is 2.23. The quantitative estimate of drug-likeness (QED) is 0.769. The molecule has 0 amide bonds. The van der Waals surface area contributed by atoms with Crippen molar-refractivity contribution in [1.82, 2.24) is 9.97 Å². The third kappa shape index (κ3) is 2.49. The fourth-order valence-corrected chi connectivity index (χ4v) is 1.17. The van der Waals surface area contributed by atoms with Crippen LogP contribution in [0.4, 0.5) is 0 Å². The summed E-state index contributed by atoms with van der Waals surface area (Å²) in [6, 6.07) is -0.00583. The van der Waals surface area contributed by atoms with E-state index in [-0.39, 0.29) is 6.04 Å². The van der Waals surface area contributed by atoms with Gasteiger partial charge in [0.1, 0.15) is 0 Å². The van der Waals surface area contributed by atoms with Gasteiger partial charge in [-0.1, -0.05) is 20.8 Å². The Kier molecular flexibility index (Phi) is 3.37. The maximum absolute atomic E-state index is 6.04. The number of hydrogen-bond donors (Lipinski definition) is 1. The first-order chi connectivity index (χ1) is 6.13. The van der Waals surface area contributed by atoms with Gasteiger partial charge in [0.25, 0.3) is 0 Å². The Bertz CT molecular complexity index is 246. The highest BCUT2D eigenvalue weighted by Gasteiger charge is 2.18. The molecule has 0 saturated heterocycles. The Morgan fingerprint density at radius 3 is 2.38 bits per heavy atom. The van der Waals surface area contributed by atoms with Crippen molar-refractivity contribution >= 4 is 0 Å². The lowest BCUT2D eigenvalue weighted by atomic mass is 9.89. The van der Waals surface area contributed by atoms with E-state index in [1.807, 2.05) is 0 Å². The van der Waals surface area contributed by atoms with E-state index < -0.39 is 0 Å². The van der Waals surface area contributed by atoms with Gasteiger partial charge in [-0.05, 0) is 11.8 Å².